The first kappa shape index (κ1) is 47.4. The Kier molecular flexibility index (Phi) is 11.1. The molecule has 21 heteroatoms. The standard InChI is InChI=1S/C56H36N8O10S2.In/c1-3-5-19-71-47-35-13-9-10-14-36(35)48(72-20-6-4-2)44-43(47)55-61-50-37-23-27-15-17-31(75-74-73-67)21-29(27)25-39(37)51(58-50)60-54-42-41(45(65)33-11-7-8-12-34(33)46(42)66)53(63-54)59-49-38-24-28-16-18-32(76(68,69)70)22-30(28)26-40(38)52(57-49)62-56(44)64-55;/h7-18,21-26H,4,6,19-20H2,1-2H3,(H4-2,57,58,59,60,61,62,63,64,65,66,67,68,69,70);/q-2;+2. The van der Waals surface area contributed by atoms with Crippen molar-refractivity contribution in [2.75, 3.05) is 13.2 Å². The van der Waals surface area contributed by atoms with E-state index < -0.39 is 33.6 Å². The molecule has 0 fully saturated rings. The molecule has 0 saturated carbocycles. The zero-order chi connectivity index (χ0) is 52.4. The third kappa shape index (κ3) is 7.39. The van der Waals surface area contributed by atoms with E-state index in [-0.39, 0.29) is 62.3 Å². The Hall–Kier alpha value is -8.07. The predicted octanol–water partition coefficient (Wildman–Crippen LogP) is 9.75. The minimum absolute atomic E-state index is 0.0337. The molecular formula is C56H36InN8O10S2. The third-order valence-corrected chi connectivity index (χ3v) is 19.7. The van der Waals surface area contributed by atoms with Crippen LogP contribution in [-0.4, -0.2) is 93.6 Å². The SMILES string of the molecule is CC#CCOc1c2ccccc2c(OCCCC)c2c3[n]4c(c12)N=C1N=C(N=c2c5c(O)c6ccccc6c(O)c5c([n]2[In]4)=NC2=NC(=N3)c3cc4cc(S(=O)(=O)O)ccc4cc32)c2cc3cc(SOOO)ccc3cc21. The van der Waals surface area contributed by atoms with Gasteiger partial charge >= 0.3 is 449 Å². The number of aliphatic imine (C=N–C) groups is 4. The summed E-state index contributed by atoms with van der Waals surface area (Å²) in [5.74, 6) is 8.69. The van der Waals surface area contributed by atoms with Crippen molar-refractivity contribution < 1.29 is 47.3 Å². The van der Waals surface area contributed by atoms with Gasteiger partial charge in [-0.15, -0.1) is 0 Å². The molecule has 0 amide bonds. The maximum atomic E-state index is 12.7. The van der Waals surface area contributed by atoms with Crippen molar-refractivity contribution in [1.82, 2.24) is 5.11 Å². The van der Waals surface area contributed by atoms with Crippen LogP contribution in [0, 0.1) is 11.8 Å². The number of aromatic nitrogens is 2. The second-order valence-electron chi connectivity index (χ2n) is 18.5. The number of ether oxygens (including phenoxy) is 2. The summed E-state index contributed by atoms with van der Waals surface area (Å²) in [6, 6.07) is 32.4. The van der Waals surface area contributed by atoms with Crippen LogP contribution in [0.5, 0.6) is 23.0 Å². The Morgan fingerprint density at radius 1 is 0.610 bits per heavy atom. The normalized spacial score (nSPS) is 14.0. The molecule has 0 saturated heterocycles. The third-order valence-electron chi connectivity index (χ3n) is 14.1. The molecular weight excluding hydrogens is 1120 g/mol. The van der Waals surface area contributed by atoms with Crippen LogP contribution in [0.2, 0.25) is 0 Å². The summed E-state index contributed by atoms with van der Waals surface area (Å²) in [6.45, 7) is 4.24. The van der Waals surface area contributed by atoms with Gasteiger partial charge in [-0.05, 0) is 0 Å². The number of nitrogens with zero attached hydrogens (tertiary/aromatic N) is 8. The van der Waals surface area contributed by atoms with E-state index >= 15 is 0 Å². The van der Waals surface area contributed by atoms with Crippen molar-refractivity contribution in [3.05, 3.63) is 142 Å². The number of hydrogen-bond donors (Lipinski definition) is 4. The summed E-state index contributed by atoms with van der Waals surface area (Å²) >= 11 is -2.11. The van der Waals surface area contributed by atoms with Gasteiger partial charge in [0.2, 0.25) is 0 Å². The molecule has 14 rings (SSSR count). The van der Waals surface area contributed by atoms with Gasteiger partial charge in [0.25, 0.3) is 0 Å². The van der Waals surface area contributed by atoms with E-state index in [0.717, 1.165) is 46.4 Å². The van der Waals surface area contributed by atoms with Crippen molar-refractivity contribution in [2.45, 2.75) is 36.5 Å². The van der Waals surface area contributed by atoms with E-state index in [1.165, 1.54) is 12.1 Å². The molecule has 77 heavy (non-hydrogen) atoms. The fraction of sp³-hybridized carbons (Fsp3) is 0.107. The maximum absolute atomic E-state index is 12.7. The summed E-state index contributed by atoms with van der Waals surface area (Å²) in [5, 5.41) is 44.9. The molecule has 4 aliphatic heterocycles. The fourth-order valence-corrected chi connectivity index (χ4v) is 15.6. The van der Waals surface area contributed by atoms with Crippen LogP contribution in [0.4, 0.5) is 11.6 Å². The first-order valence-electron chi connectivity index (χ1n) is 24.2. The predicted molar refractivity (Wildman–Crippen MR) is 294 cm³/mol. The topological polar surface area (TPSA) is 236 Å². The van der Waals surface area contributed by atoms with E-state index in [0.29, 0.717) is 95.0 Å². The minimum atomic E-state index is -4.57. The first-order valence-corrected chi connectivity index (χ1v) is 29.3. The van der Waals surface area contributed by atoms with Crippen LogP contribution < -0.4 is 20.4 Å². The van der Waals surface area contributed by atoms with Crippen LogP contribution in [-0.2, 0) is 19.5 Å². The van der Waals surface area contributed by atoms with E-state index in [9.17, 15) is 23.2 Å². The number of unbranched alkanes of at least 4 members (excludes halogenated alkanes) is 1. The molecule has 18 nitrogen and oxygen atoms in total. The molecule has 10 aromatic rings. The number of rotatable bonds is 10. The zero-order valence-electron chi connectivity index (χ0n) is 40.4. The van der Waals surface area contributed by atoms with Crippen molar-refractivity contribution in [1.29, 1.82) is 0 Å². The summed E-state index contributed by atoms with van der Waals surface area (Å²) in [7, 11) is -4.57. The van der Waals surface area contributed by atoms with Gasteiger partial charge < -0.3 is 0 Å². The second-order valence-corrected chi connectivity index (χ2v) is 24.3. The van der Waals surface area contributed by atoms with Crippen molar-refractivity contribution >= 4 is 145 Å². The molecule has 6 bridgehead atoms. The van der Waals surface area contributed by atoms with E-state index in [1.54, 1.807) is 43.3 Å². The molecule has 375 valence electrons. The molecule has 0 spiro atoms. The van der Waals surface area contributed by atoms with E-state index in [2.05, 4.69) is 26.4 Å². The number of benzene rings is 8. The Morgan fingerprint density at radius 2 is 1.13 bits per heavy atom. The van der Waals surface area contributed by atoms with Crippen molar-refractivity contribution in [3.63, 3.8) is 0 Å². The number of fused-ring (bicyclic) bond motifs is 18. The number of amidine groups is 4. The summed E-state index contributed by atoms with van der Waals surface area (Å²) in [6.07, 6.45) is 1.60. The molecule has 6 heterocycles. The van der Waals surface area contributed by atoms with Gasteiger partial charge in [-0.2, -0.15) is 0 Å². The second kappa shape index (κ2) is 18.0. The van der Waals surface area contributed by atoms with Gasteiger partial charge in [-0.25, -0.2) is 5.26 Å². The van der Waals surface area contributed by atoms with Crippen molar-refractivity contribution in [3.8, 4) is 34.8 Å². The van der Waals surface area contributed by atoms with Crippen LogP contribution in [0.1, 0.15) is 48.9 Å². The molecule has 0 aliphatic carbocycles. The summed E-state index contributed by atoms with van der Waals surface area (Å²) < 4.78 is 57.8. The molecule has 4 aliphatic rings. The summed E-state index contributed by atoms with van der Waals surface area (Å²) in [4.78, 5) is 32.8. The van der Waals surface area contributed by atoms with Crippen LogP contribution in [0.25, 0.3) is 64.6 Å². The number of phenols is 2. The number of hydrogen-bond acceptors (Lipinski definition) is 16. The van der Waals surface area contributed by atoms with Crippen LogP contribution in [0.15, 0.2) is 149 Å². The molecule has 0 unspecified atom stereocenters. The van der Waals surface area contributed by atoms with Gasteiger partial charge in [-0.1, -0.05) is 0 Å². The fourth-order valence-electron chi connectivity index (χ4n) is 10.6. The molecule has 4 N–H and O–H groups in total. The quantitative estimate of drug-likeness (QED) is 0.0191. The van der Waals surface area contributed by atoms with Crippen LogP contribution >= 0.6 is 12.0 Å². The summed E-state index contributed by atoms with van der Waals surface area (Å²) in [5.41, 5.74) is 2.86. The molecule has 2 aromatic heterocycles. The average molecular weight is 1160 g/mol. The average Bonchev–Trinajstić information content (AvgIpc) is 4.33. The first-order chi connectivity index (χ1) is 37.5. The number of aromatic hydroxyl groups is 2. The van der Waals surface area contributed by atoms with Gasteiger partial charge in [0.05, 0.1) is 0 Å². The van der Waals surface area contributed by atoms with Gasteiger partial charge in [0.1, 0.15) is 0 Å². The Morgan fingerprint density at radius 3 is 1.68 bits per heavy atom. The zero-order valence-corrected chi connectivity index (χ0v) is 45.4. The van der Waals surface area contributed by atoms with Crippen LogP contribution in [0.3, 0.4) is 0 Å². The Labute approximate surface area is 451 Å². The Balaban J connectivity index is 1.21. The van der Waals surface area contributed by atoms with Gasteiger partial charge in [0, 0.05) is 0 Å². The molecule has 0 atom stereocenters. The van der Waals surface area contributed by atoms with E-state index in [4.69, 9.17) is 49.0 Å². The van der Waals surface area contributed by atoms with Gasteiger partial charge in [0.15, 0.2) is 0 Å². The molecule has 1 radical (unpaired) electrons. The molecule has 8 aromatic carbocycles. The Bertz CT molecular complexity index is 4820. The monoisotopic (exact) mass is 1160 g/mol. The van der Waals surface area contributed by atoms with Crippen molar-refractivity contribution in [2.24, 2.45) is 30.0 Å². The van der Waals surface area contributed by atoms with Gasteiger partial charge in [-0.3, -0.25) is 0 Å². The van der Waals surface area contributed by atoms with E-state index in [1.807, 2.05) is 63.2 Å². The number of phenolic OH excluding ortho intramolecular Hbond substituents is 2.